The van der Waals surface area contributed by atoms with E-state index in [9.17, 15) is 4.79 Å². The summed E-state index contributed by atoms with van der Waals surface area (Å²) in [5.74, 6) is -0.922. The minimum absolute atomic E-state index is 0.431. The van der Waals surface area contributed by atoms with E-state index in [1.807, 2.05) is 0 Å². The van der Waals surface area contributed by atoms with E-state index in [4.69, 9.17) is 17.3 Å². The summed E-state index contributed by atoms with van der Waals surface area (Å²) in [5, 5.41) is 2.84. The number of carbonyl (C=O) groups excluding carboxylic acids is 1. The summed E-state index contributed by atoms with van der Waals surface area (Å²) in [7, 11) is 1.69. The Labute approximate surface area is 76.3 Å². The number of hydrogen-bond donors (Lipinski definition) is 2. The van der Waals surface area contributed by atoms with Crippen LogP contribution in [-0.2, 0) is 4.79 Å². The van der Waals surface area contributed by atoms with Gasteiger partial charge >= 0.3 is 0 Å². The molecule has 0 fully saturated rings. The van der Waals surface area contributed by atoms with Gasteiger partial charge in [0.15, 0.2) is 0 Å². The number of nitrogens with one attached hydrogen (secondary N) is 1. The Morgan fingerprint density at radius 3 is 2.75 bits per heavy atom. The number of primary amides is 1. The van der Waals surface area contributed by atoms with E-state index in [-0.39, 0.29) is 0 Å². The Kier molecular flexibility index (Phi) is 2.55. The lowest BCUT2D eigenvalue weighted by Crippen LogP contribution is -2.48. The molecule has 0 saturated heterocycles. The first-order valence-electron chi connectivity index (χ1n) is 3.63. The fourth-order valence-corrected chi connectivity index (χ4v) is 1.41. The number of rotatable bonds is 2. The first-order valence-corrected chi connectivity index (χ1v) is 4.01. The molecule has 0 aromatic carbocycles. The number of likely N-dealkylation sites (N-methyl/N-ethyl adjacent to an activating group) is 1. The number of nitrogens with two attached hydrogens (primary N) is 1. The predicted octanol–water partition coefficient (Wildman–Crippen LogP) is 0.368. The van der Waals surface area contributed by atoms with Gasteiger partial charge in [0.2, 0.25) is 5.91 Å². The zero-order valence-corrected chi connectivity index (χ0v) is 7.51. The highest BCUT2D eigenvalue weighted by Gasteiger charge is 2.36. The molecule has 3 N–H and O–H groups in total. The molecule has 0 spiro atoms. The minimum Gasteiger partial charge on any atom is -0.369 e. The van der Waals surface area contributed by atoms with Crippen molar-refractivity contribution in [3.63, 3.8) is 0 Å². The lowest BCUT2D eigenvalue weighted by atomic mass is 9.94. The van der Waals surface area contributed by atoms with Crippen LogP contribution in [0.1, 0.15) is 0 Å². The van der Waals surface area contributed by atoms with Crippen molar-refractivity contribution >= 4 is 17.5 Å². The molecule has 0 saturated carbocycles. The SMILES string of the molecule is CNC1(Cl)C=CC=CC1C(N)=O. The van der Waals surface area contributed by atoms with Crippen LogP contribution in [0.2, 0.25) is 0 Å². The highest BCUT2D eigenvalue weighted by molar-refractivity contribution is 6.26. The Bertz CT molecular complexity index is 249. The van der Waals surface area contributed by atoms with Crippen molar-refractivity contribution in [1.82, 2.24) is 5.32 Å². The molecule has 2 atom stereocenters. The van der Waals surface area contributed by atoms with Crippen LogP contribution in [-0.4, -0.2) is 18.0 Å². The van der Waals surface area contributed by atoms with E-state index < -0.39 is 16.8 Å². The average Bonchev–Trinajstić information content (AvgIpc) is 2.05. The molecule has 0 radical (unpaired) electrons. The van der Waals surface area contributed by atoms with E-state index in [2.05, 4.69) is 5.32 Å². The van der Waals surface area contributed by atoms with Crippen molar-refractivity contribution in [2.45, 2.75) is 5.00 Å². The quantitative estimate of drug-likeness (QED) is 0.484. The normalized spacial score (nSPS) is 33.7. The van der Waals surface area contributed by atoms with Crippen molar-refractivity contribution in [3.8, 4) is 0 Å². The molecule has 0 aromatic heterocycles. The van der Waals surface area contributed by atoms with E-state index in [0.717, 1.165) is 0 Å². The van der Waals surface area contributed by atoms with Crippen LogP contribution in [0.5, 0.6) is 0 Å². The number of carbonyl (C=O) groups is 1. The van der Waals surface area contributed by atoms with Crippen molar-refractivity contribution in [2.24, 2.45) is 11.7 Å². The second kappa shape index (κ2) is 3.29. The molecule has 1 rings (SSSR count). The Hall–Kier alpha value is -0.800. The van der Waals surface area contributed by atoms with Gasteiger partial charge in [0.1, 0.15) is 5.00 Å². The van der Waals surface area contributed by atoms with Crippen LogP contribution in [0, 0.1) is 5.92 Å². The summed E-state index contributed by atoms with van der Waals surface area (Å²) < 4.78 is 0. The molecule has 12 heavy (non-hydrogen) atoms. The van der Waals surface area contributed by atoms with Gasteiger partial charge < -0.3 is 5.73 Å². The molecule has 0 bridgehead atoms. The third-order valence-electron chi connectivity index (χ3n) is 1.90. The van der Waals surface area contributed by atoms with Gasteiger partial charge in [-0.25, -0.2) is 0 Å². The van der Waals surface area contributed by atoms with Gasteiger partial charge in [-0.2, -0.15) is 0 Å². The van der Waals surface area contributed by atoms with E-state index in [0.29, 0.717) is 0 Å². The number of hydrogen-bond acceptors (Lipinski definition) is 2. The summed E-state index contributed by atoms with van der Waals surface area (Å²) in [6.45, 7) is 0. The first kappa shape index (κ1) is 9.29. The molecule has 3 nitrogen and oxygen atoms in total. The Morgan fingerprint density at radius 2 is 2.33 bits per heavy atom. The average molecular weight is 187 g/mol. The molecule has 66 valence electrons. The molecule has 1 aliphatic rings. The van der Waals surface area contributed by atoms with Crippen molar-refractivity contribution in [2.75, 3.05) is 7.05 Å². The molecule has 2 unspecified atom stereocenters. The maximum Gasteiger partial charge on any atom is 0.227 e. The molecular weight excluding hydrogens is 176 g/mol. The predicted molar refractivity (Wildman–Crippen MR) is 48.6 cm³/mol. The lowest BCUT2D eigenvalue weighted by molar-refractivity contribution is -0.121. The van der Waals surface area contributed by atoms with Gasteiger partial charge in [0, 0.05) is 0 Å². The van der Waals surface area contributed by atoms with Gasteiger partial charge in [0.05, 0.1) is 5.92 Å². The largest absolute Gasteiger partial charge is 0.369 e. The van der Waals surface area contributed by atoms with Crippen LogP contribution >= 0.6 is 11.6 Å². The fraction of sp³-hybridized carbons (Fsp3) is 0.375. The summed E-state index contributed by atoms with van der Waals surface area (Å²) >= 11 is 6.07. The second-order valence-electron chi connectivity index (χ2n) is 2.64. The molecule has 0 aromatic rings. The number of allylic oxidation sites excluding steroid dienone is 2. The summed E-state index contributed by atoms with van der Waals surface area (Å²) in [4.78, 5) is 10.1. The zero-order valence-electron chi connectivity index (χ0n) is 6.75. The maximum absolute atomic E-state index is 10.9. The third kappa shape index (κ3) is 1.52. The van der Waals surface area contributed by atoms with Crippen LogP contribution < -0.4 is 11.1 Å². The van der Waals surface area contributed by atoms with Gasteiger partial charge in [0.25, 0.3) is 0 Å². The highest BCUT2D eigenvalue weighted by Crippen LogP contribution is 2.27. The third-order valence-corrected chi connectivity index (χ3v) is 2.45. The van der Waals surface area contributed by atoms with Crippen LogP contribution in [0.15, 0.2) is 24.3 Å². The van der Waals surface area contributed by atoms with E-state index >= 15 is 0 Å². The number of halogens is 1. The second-order valence-corrected chi connectivity index (χ2v) is 3.27. The summed E-state index contributed by atoms with van der Waals surface area (Å²) in [6, 6.07) is 0. The van der Waals surface area contributed by atoms with Crippen molar-refractivity contribution < 1.29 is 4.79 Å². The van der Waals surface area contributed by atoms with E-state index in [1.165, 1.54) is 0 Å². The Balaban J connectivity index is 2.92. The molecule has 1 amide bonds. The minimum atomic E-state index is -0.861. The molecule has 0 heterocycles. The number of alkyl halides is 1. The van der Waals surface area contributed by atoms with Crippen molar-refractivity contribution in [3.05, 3.63) is 24.3 Å². The topological polar surface area (TPSA) is 55.1 Å². The van der Waals surface area contributed by atoms with Crippen LogP contribution in [0.4, 0.5) is 0 Å². The van der Waals surface area contributed by atoms with Gasteiger partial charge in [-0.1, -0.05) is 29.8 Å². The maximum atomic E-state index is 10.9. The summed E-state index contributed by atoms with van der Waals surface area (Å²) in [6.07, 6.45) is 6.94. The van der Waals surface area contributed by atoms with Crippen LogP contribution in [0.3, 0.4) is 0 Å². The van der Waals surface area contributed by atoms with Gasteiger partial charge in [-0.15, -0.1) is 0 Å². The van der Waals surface area contributed by atoms with Gasteiger partial charge in [-0.05, 0) is 13.1 Å². The molecule has 1 aliphatic carbocycles. The Morgan fingerprint density at radius 1 is 1.67 bits per heavy atom. The van der Waals surface area contributed by atoms with Crippen molar-refractivity contribution in [1.29, 1.82) is 0 Å². The lowest BCUT2D eigenvalue weighted by Gasteiger charge is -2.29. The van der Waals surface area contributed by atoms with Crippen LogP contribution in [0.25, 0.3) is 0 Å². The smallest absolute Gasteiger partial charge is 0.227 e. The highest BCUT2D eigenvalue weighted by atomic mass is 35.5. The molecule has 4 heteroatoms. The fourth-order valence-electron chi connectivity index (χ4n) is 1.16. The monoisotopic (exact) mass is 186 g/mol. The zero-order chi connectivity index (χ0) is 9.19. The summed E-state index contributed by atoms with van der Waals surface area (Å²) in [5.41, 5.74) is 5.17. The number of amides is 1. The molecular formula is C8H11ClN2O. The molecule has 0 aliphatic heterocycles. The standard InChI is InChI=1S/C8H11ClN2O/c1-11-8(9)5-3-2-4-6(8)7(10)12/h2-6,11H,1H3,(H2,10,12). The van der Waals surface area contributed by atoms with E-state index in [1.54, 1.807) is 31.4 Å². The first-order chi connectivity index (χ1) is 5.60. The van der Waals surface area contributed by atoms with Gasteiger partial charge in [-0.3, -0.25) is 10.1 Å².